The Morgan fingerprint density at radius 2 is 1.74 bits per heavy atom. The molecule has 4 nitrogen and oxygen atoms in total. The van der Waals surface area contributed by atoms with Gasteiger partial charge in [0.05, 0.1) is 12.1 Å². The second-order valence-corrected chi connectivity index (χ2v) is 6.37. The third-order valence-corrected chi connectivity index (χ3v) is 3.96. The zero-order valence-electron chi connectivity index (χ0n) is 14.3. The van der Waals surface area contributed by atoms with Gasteiger partial charge < -0.3 is 15.3 Å². The normalized spacial score (nSPS) is 13.8. The number of nitrogens with zero attached hydrogens (tertiary/aromatic N) is 1. The predicted octanol–water partition coefficient (Wildman–Crippen LogP) is 3.70. The van der Waals surface area contributed by atoms with Gasteiger partial charge in [0, 0.05) is 12.6 Å². The third-order valence-electron chi connectivity index (χ3n) is 3.96. The summed E-state index contributed by atoms with van der Waals surface area (Å²) in [6.07, 6.45) is -0.542. The molecule has 2 unspecified atom stereocenters. The van der Waals surface area contributed by atoms with E-state index in [0.29, 0.717) is 6.54 Å². The van der Waals surface area contributed by atoms with Crippen LogP contribution < -0.4 is 5.32 Å². The summed E-state index contributed by atoms with van der Waals surface area (Å²) in [5.74, 6) is 0. The first-order valence-corrected chi connectivity index (χ1v) is 8.12. The van der Waals surface area contributed by atoms with Crippen molar-refractivity contribution in [2.75, 3.05) is 6.54 Å². The van der Waals surface area contributed by atoms with Crippen molar-refractivity contribution in [3.8, 4) is 0 Å². The van der Waals surface area contributed by atoms with Crippen molar-refractivity contribution in [2.24, 2.45) is 0 Å². The topological polar surface area (TPSA) is 52.6 Å². The minimum absolute atomic E-state index is 0.0356. The molecular formula is C19H26N2O2. The Bertz CT molecular complexity index is 667. The SMILES string of the molecule is CC(O)CN(C(=O)NC(C)c1ccc2ccccc2c1)C(C)C. The van der Waals surface area contributed by atoms with Crippen LogP contribution in [0.3, 0.4) is 0 Å². The fraction of sp³-hybridized carbons (Fsp3) is 0.421. The molecule has 0 aliphatic rings. The number of aliphatic hydroxyl groups excluding tert-OH is 1. The first kappa shape index (κ1) is 17.3. The average Bonchev–Trinajstić information content (AvgIpc) is 2.51. The zero-order chi connectivity index (χ0) is 17.0. The van der Waals surface area contributed by atoms with Crippen molar-refractivity contribution in [2.45, 2.75) is 45.9 Å². The monoisotopic (exact) mass is 314 g/mol. The second kappa shape index (κ2) is 7.47. The van der Waals surface area contributed by atoms with Crippen molar-refractivity contribution in [1.82, 2.24) is 10.2 Å². The summed E-state index contributed by atoms with van der Waals surface area (Å²) in [4.78, 5) is 14.1. The molecule has 2 aromatic rings. The van der Waals surface area contributed by atoms with Crippen LogP contribution in [0.4, 0.5) is 4.79 Å². The molecule has 0 heterocycles. The molecule has 2 rings (SSSR count). The van der Waals surface area contributed by atoms with Crippen LogP contribution in [-0.2, 0) is 0 Å². The van der Waals surface area contributed by atoms with Crippen molar-refractivity contribution >= 4 is 16.8 Å². The molecule has 0 aliphatic carbocycles. The predicted molar refractivity (Wildman–Crippen MR) is 94.4 cm³/mol. The van der Waals surface area contributed by atoms with E-state index in [4.69, 9.17) is 0 Å². The molecule has 0 spiro atoms. The van der Waals surface area contributed by atoms with Gasteiger partial charge in [-0.3, -0.25) is 0 Å². The number of hydrogen-bond donors (Lipinski definition) is 2. The summed E-state index contributed by atoms with van der Waals surface area (Å²) in [5, 5.41) is 14.9. The number of aliphatic hydroxyl groups is 1. The van der Waals surface area contributed by atoms with E-state index in [0.717, 1.165) is 10.9 Å². The Hall–Kier alpha value is -2.07. The Morgan fingerprint density at radius 3 is 2.35 bits per heavy atom. The maximum Gasteiger partial charge on any atom is 0.318 e. The van der Waals surface area contributed by atoms with Crippen LogP contribution >= 0.6 is 0 Å². The van der Waals surface area contributed by atoms with E-state index >= 15 is 0 Å². The number of amides is 2. The maximum atomic E-state index is 12.5. The van der Waals surface area contributed by atoms with E-state index in [-0.39, 0.29) is 18.1 Å². The molecule has 0 saturated carbocycles. The lowest BCUT2D eigenvalue weighted by molar-refractivity contribution is 0.117. The lowest BCUT2D eigenvalue weighted by Crippen LogP contribution is -2.47. The molecule has 0 aromatic heterocycles. The molecule has 0 radical (unpaired) electrons. The Morgan fingerprint density at radius 1 is 1.09 bits per heavy atom. The number of urea groups is 1. The number of nitrogens with one attached hydrogen (secondary N) is 1. The minimum Gasteiger partial charge on any atom is -0.392 e. The van der Waals surface area contributed by atoms with Crippen LogP contribution in [0.25, 0.3) is 10.8 Å². The van der Waals surface area contributed by atoms with Crippen LogP contribution in [0.2, 0.25) is 0 Å². The quantitative estimate of drug-likeness (QED) is 0.884. The van der Waals surface area contributed by atoms with E-state index < -0.39 is 6.10 Å². The molecule has 0 aliphatic heterocycles. The van der Waals surface area contributed by atoms with Gasteiger partial charge in [0.1, 0.15) is 0 Å². The fourth-order valence-corrected chi connectivity index (χ4v) is 2.64. The number of rotatable bonds is 5. The number of carbonyl (C=O) groups is 1. The maximum absolute atomic E-state index is 12.5. The van der Waals surface area contributed by atoms with E-state index in [9.17, 15) is 9.90 Å². The molecule has 0 saturated heterocycles. The molecule has 2 amide bonds. The molecule has 0 fully saturated rings. The van der Waals surface area contributed by atoms with Crippen LogP contribution in [0.5, 0.6) is 0 Å². The summed E-state index contributed by atoms with van der Waals surface area (Å²) >= 11 is 0. The van der Waals surface area contributed by atoms with E-state index in [1.807, 2.05) is 39.0 Å². The number of carbonyl (C=O) groups excluding carboxylic acids is 1. The first-order chi connectivity index (χ1) is 10.9. The zero-order valence-corrected chi connectivity index (χ0v) is 14.3. The van der Waals surface area contributed by atoms with Gasteiger partial charge >= 0.3 is 6.03 Å². The summed E-state index contributed by atoms with van der Waals surface area (Å²) in [6, 6.07) is 14.2. The summed E-state index contributed by atoms with van der Waals surface area (Å²) in [5.41, 5.74) is 1.07. The van der Waals surface area contributed by atoms with E-state index in [1.54, 1.807) is 11.8 Å². The Balaban J connectivity index is 2.12. The lowest BCUT2D eigenvalue weighted by atomic mass is 10.0. The van der Waals surface area contributed by atoms with Gasteiger partial charge in [-0.25, -0.2) is 4.79 Å². The van der Waals surface area contributed by atoms with Crippen molar-refractivity contribution < 1.29 is 9.90 Å². The fourth-order valence-electron chi connectivity index (χ4n) is 2.64. The van der Waals surface area contributed by atoms with Crippen LogP contribution in [0.1, 0.15) is 39.3 Å². The second-order valence-electron chi connectivity index (χ2n) is 6.37. The van der Waals surface area contributed by atoms with Crippen LogP contribution in [-0.4, -0.2) is 34.7 Å². The summed E-state index contributed by atoms with van der Waals surface area (Å²) in [6.45, 7) is 7.89. The Kier molecular flexibility index (Phi) is 5.61. The number of fused-ring (bicyclic) bond motifs is 1. The molecule has 0 bridgehead atoms. The lowest BCUT2D eigenvalue weighted by Gasteiger charge is -2.29. The molecule has 4 heteroatoms. The van der Waals surface area contributed by atoms with Crippen LogP contribution in [0, 0.1) is 0 Å². The standard InChI is InChI=1S/C19H26N2O2/c1-13(2)21(12-14(3)22)19(23)20-15(4)17-10-9-16-7-5-6-8-18(16)11-17/h5-11,13-15,22H,12H2,1-4H3,(H,20,23). The third kappa shape index (κ3) is 4.45. The van der Waals surface area contributed by atoms with Gasteiger partial charge in [0.15, 0.2) is 0 Å². The Labute approximate surface area is 138 Å². The minimum atomic E-state index is -0.542. The highest BCUT2D eigenvalue weighted by atomic mass is 16.3. The molecule has 2 N–H and O–H groups in total. The summed E-state index contributed by atoms with van der Waals surface area (Å²) < 4.78 is 0. The average molecular weight is 314 g/mol. The van der Waals surface area contributed by atoms with Crippen molar-refractivity contribution in [1.29, 1.82) is 0 Å². The first-order valence-electron chi connectivity index (χ1n) is 8.12. The van der Waals surface area contributed by atoms with Gasteiger partial charge in [0.2, 0.25) is 0 Å². The number of hydrogen-bond acceptors (Lipinski definition) is 2. The molecule has 23 heavy (non-hydrogen) atoms. The van der Waals surface area contributed by atoms with Crippen molar-refractivity contribution in [3.05, 3.63) is 48.0 Å². The molecule has 124 valence electrons. The highest BCUT2D eigenvalue weighted by molar-refractivity contribution is 5.83. The van der Waals surface area contributed by atoms with Gasteiger partial charge in [0.25, 0.3) is 0 Å². The van der Waals surface area contributed by atoms with Crippen LogP contribution in [0.15, 0.2) is 42.5 Å². The van der Waals surface area contributed by atoms with Gasteiger partial charge in [-0.2, -0.15) is 0 Å². The summed E-state index contributed by atoms with van der Waals surface area (Å²) in [7, 11) is 0. The van der Waals surface area contributed by atoms with Gasteiger partial charge in [-0.15, -0.1) is 0 Å². The highest BCUT2D eigenvalue weighted by Gasteiger charge is 2.20. The van der Waals surface area contributed by atoms with E-state index in [1.165, 1.54) is 5.39 Å². The molecular weight excluding hydrogens is 288 g/mol. The highest BCUT2D eigenvalue weighted by Crippen LogP contribution is 2.20. The largest absolute Gasteiger partial charge is 0.392 e. The smallest absolute Gasteiger partial charge is 0.318 e. The molecule has 2 aromatic carbocycles. The van der Waals surface area contributed by atoms with Gasteiger partial charge in [-0.1, -0.05) is 36.4 Å². The molecule has 2 atom stereocenters. The number of benzene rings is 2. The van der Waals surface area contributed by atoms with Gasteiger partial charge in [-0.05, 0) is 50.1 Å². The van der Waals surface area contributed by atoms with E-state index in [2.05, 4.69) is 29.6 Å². The van der Waals surface area contributed by atoms with Crippen molar-refractivity contribution in [3.63, 3.8) is 0 Å².